The molecule has 3 heterocycles. The Labute approximate surface area is 147 Å². The summed E-state index contributed by atoms with van der Waals surface area (Å²) in [7, 11) is 2.00. The van der Waals surface area contributed by atoms with Crippen molar-refractivity contribution < 1.29 is 14.0 Å². The molecule has 134 valence electrons. The Morgan fingerprint density at radius 1 is 1.24 bits per heavy atom. The topological polar surface area (TPSA) is 67.5 Å². The zero-order valence-electron chi connectivity index (χ0n) is 14.8. The van der Waals surface area contributed by atoms with Crippen molar-refractivity contribution in [1.29, 1.82) is 0 Å². The third-order valence-corrected chi connectivity index (χ3v) is 4.82. The fourth-order valence-corrected chi connectivity index (χ4v) is 3.49. The second-order valence-corrected chi connectivity index (χ2v) is 6.61. The van der Waals surface area contributed by atoms with Gasteiger partial charge in [-0.2, -0.15) is 0 Å². The first-order valence-corrected chi connectivity index (χ1v) is 8.84. The van der Waals surface area contributed by atoms with Crippen LogP contribution in [0.5, 0.6) is 0 Å². The molecule has 1 N–H and O–H groups in total. The predicted octanol–water partition coefficient (Wildman–Crippen LogP) is 2.88. The van der Waals surface area contributed by atoms with Gasteiger partial charge in [-0.05, 0) is 44.0 Å². The average molecular weight is 343 g/mol. The number of hydrogen-bond donors (Lipinski definition) is 1. The van der Waals surface area contributed by atoms with E-state index in [2.05, 4.69) is 16.0 Å². The number of nitrogens with zero attached hydrogens (tertiary/aromatic N) is 2. The number of likely N-dealkylation sites (tertiary alicyclic amines) is 1. The summed E-state index contributed by atoms with van der Waals surface area (Å²) in [5, 5.41) is 2.75. The third kappa shape index (κ3) is 3.78. The van der Waals surface area contributed by atoms with Crippen LogP contribution < -0.4 is 5.32 Å². The number of aryl methyl sites for hydroxylation is 1. The molecule has 1 saturated heterocycles. The third-order valence-electron chi connectivity index (χ3n) is 4.82. The van der Waals surface area contributed by atoms with Crippen LogP contribution in [0.1, 0.15) is 54.9 Å². The van der Waals surface area contributed by atoms with Crippen LogP contribution in [0.25, 0.3) is 0 Å². The van der Waals surface area contributed by atoms with Crippen molar-refractivity contribution in [3.63, 3.8) is 0 Å². The van der Waals surface area contributed by atoms with Crippen molar-refractivity contribution in [3.05, 3.63) is 48.2 Å². The Kier molecular flexibility index (Phi) is 5.26. The Morgan fingerprint density at radius 2 is 2.08 bits per heavy atom. The molecule has 0 bridgehead atoms. The van der Waals surface area contributed by atoms with Gasteiger partial charge in [0.2, 0.25) is 5.91 Å². The summed E-state index contributed by atoms with van der Waals surface area (Å²) < 4.78 is 7.17. The summed E-state index contributed by atoms with van der Waals surface area (Å²) in [6.07, 6.45) is 7.62. The Hall–Kier alpha value is -2.50. The van der Waals surface area contributed by atoms with Crippen molar-refractivity contribution >= 4 is 11.8 Å². The normalized spacial score (nSPS) is 19.3. The molecule has 1 aliphatic heterocycles. The Bertz CT molecular complexity index is 720. The smallest absolute Gasteiger partial charge is 0.287 e. The van der Waals surface area contributed by atoms with Crippen LogP contribution >= 0.6 is 0 Å². The lowest BCUT2D eigenvalue weighted by molar-refractivity contribution is -0.135. The van der Waals surface area contributed by atoms with Crippen LogP contribution in [-0.2, 0) is 11.8 Å². The number of hydrogen-bond acceptors (Lipinski definition) is 3. The van der Waals surface area contributed by atoms with Gasteiger partial charge in [0.25, 0.3) is 5.91 Å². The minimum atomic E-state index is -0.599. The van der Waals surface area contributed by atoms with Gasteiger partial charge in [-0.15, -0.1) is 0 Å². The maximum atomic E-state index is 13.0. The highest BCUT2D eigenvalue weighted by atomic mass is 16.3. The van der Waals surface area contributed by atoms with Crippen molar-refractivity contribution in [3.8, 4) is 0 Å². The zero-order valence-corrected chi connectivity index (χ0v) is 14.8. The first-order valence-electron chi connectivity index (χ1n) is 8.84. The monoisotopic (exact) mass is 343 g/mol. The molecule has 2 aromatic heterocycles. The van der Waals surface area contributed by atoms with E-state index >= 15 is 0 Å². The van der Waals surface area contributed by atoms with E-state index in [9.17, 15) is 9.59 Å². The lowest BCUT2D eigenvalue weighted by Crippen LogP contribution is -2.48. The summed E-state index contributed by atoms with van der Waals surface area (Å²) in [4.78, 5) is 27.1. The van der Waals surface area contributed by atoms with Gasteiger partial charge >= 0.3 is 0 Å². The van der Waals surface area contributed by atoms with Crippen molar-refractivity contribution in [2.45, 2.75) is 44.7 Å². The van der Waals surface area contributed by atoms with Gasteiger partial charge in [0.1, 0.15) is 6.04 Å². The Balaban J connectivity index is 1.75. The summed E-state index contributed by atoms with van der Waals surface area (Å²) >= 11 is 0. The number of carbonyl (C=O) groups excluding carboxylic acids is 2. The molecule has 0 spiro atoms. The van der Waals surface area contributed by atoms with E-state index in [1.165, 1.54) is 6.26 Å². The Morgan fingerprint density at radius 3 is 2.76 bits per heavy atom. The van der Waals surface area contributed by atoms with Crippen molar-refractivity contribution in [1.82, 2.24) is 14.8 Å². The van der Waals surface area contributed by atoms with Crippen molar-refractivity contribution in [2.75, 3.05) is 6.54 Å². The van der Waals surface area contributed by atoms with E-state index in [0.717, 1.165) is 37.9 Å². The standard InChI is InChI=1S/C19H25N3O3/c1-14(20-18(23)17-10-7-13-25-17)19(24)22-12-5-3-4-8-16(22)15-9-6-11-21(15)2/h6-7,9-11,13-14,16H,3-5,8,12H2,1-2H3,(H,20,23)/t14-,16-/m1/s1. The predicted molar refractivity (Wildman–Crippen MR) is 94.0 cm³/mol. The fraction of sp³-hybridized carbons (Fsp3) is 0.474. The second kappa shape index (κ2) is 7.59. The molecule has 1 aliphatic rings. The van der Waals surface area contributed by atoms with Gasteiger partial charge < -0.3 is 19.2 Å². The molecule has 25 heavy (non-hydrogen) atoms. The van der Waals surface area contributed by atoms with Gasteiger partial charge in [0.15, 0.2) is 5.76 Å². The molecule has 2 atom stereocenters. The second-order valence-electron chi connectivity index (χ2n) is 6.61. The summed E-state index contributed by atoms with van der Waals surface area (Å²) in [6, 6.07) is 6.77. The number of aromatic nitrogens is 1. The van der Waals surface area contributed by atoms with E-state index in [0.29, 0.717) is 0 Å². The molecule has 2 amide bonds. The number of rotatable bonds is 4. The van der Waals surface area contributed by atoms with E-state index in [-0.39, 0.29) is 23.6 Å². The number of amides is 2. The first-order chi connectivity index (χ1) is 12.1. The van der Waals surface area contributed by atoms with E-state index in [1.807, 2.05) is 24.2 Å². The molecule has 1 fully saturated rings. The van der Waals surface area contributed by atoms with Crippen LogP contribution in [0.15, 0.2) is 41.1 Å². The summed E-state index contributed by atoms with van der Waals surface area (Å²) in [5.41, 5.74) is 1.14. The van der Waals surface area contributed by atoms with Gasteiger partial charge in [-0.1, -0.05) is 12.8 Å². The molecule has 6 heteroatoms. The first kappa shape index (κ1) is 17.3. The molecular formula is C19H25N3O3. The molecular weight excluding hydrogens is 318 g/mol. The van der Waals surface area contributed by atoms with Crippen LogP contribution in [-0.4, -0.2) is 33.9 Å². The van der Waals surface area contributed by atoms with Crippen LogP contribution in [0.2, 0.25) is 0 Å². The maximum Gasteiger partial charge on any atom is 0.287 e. The van der Waals surface area contributed by atoms with E-state index in [1.54, 1.807) is 19.1 Å². The molecule has 0 aliphatic carbocycles. The minimum absolute atomic E-state index is 0.0481. The molecule has 0 radical (unpaired) electrons. The quantitative estimate of drug-likeness (QED) is 0.928. The highest BCUT2D eigenvalue weighted by Gasteiger charge is 2.31. The maximum absolute atomic E-state index is 13.0. The fourth-order valence-electron chi connectivity index (χ4n) is 3.49. The molecule has 0 saturated carbocycles. The molecule has 6 nitrogen and oxygen atoms in total. The number of nitrogens with one attached hydrogen (secondary N) is 1. The zero-order chi connectivity index (χ0) is 17.8. The lowest BCUT2D eigenvalue weighted by Gasteiger charge is -2.32. The molecule has 2 aromatic rings. The number of carbonyl (C=O) groups is 2. The minimum Gasteiger partial charge on any atom is -0.459 e. The SMILES string of the molecule is C[C@@H](NC(=O)c1ccco1)C(=O)N1CCCCC[C@@H]1c1cccn1C. The van der Waals surface area contributed by atoms with Crippen LogP contribution in [0.3, 0.4) is 0 Å². The lowest BCUT2D eigenvalue weighted by atomic mass is 10.1. The van der Waals surface area contributed by atoms with E-state index in [4.69, 9.17) is 4.42 Å². The molecule has 0 aromatic carbocycles. The molecule has 0 unspecified atom stereocenters. The largest absolute Gasteiger partial charge is 0.459 e. The van der Waals surface area contributed by atoms with E-state index < -0.39 is 6.04 Å². The van der Waals surface area contributed by atoms with Crippen molar-refractivity contribution in [2.24, 2.45) is 7.05 Å². The van der Waals surface area contributed by atoms with Crippen LogP contribution in [0.4, 0.5) is 0 Å². The average Bonchev–Trinajstić information content (AvgIpc) is 3.21. The van der Waals surface area contributed by atoms with Crippen LogP contribution in [0, 0.1) is 0 Å². The highest BCUT2D eigenvalue weighted by Crippen LogP contribution is 2.30. The number of furan rings is 1. The van der Waals surface area contributed by atoms with Gasteiger partial charge in [0, 0.05) is 25.5 Å². The van der Waals surface area contributed by atoms with Gasteiger partial charge in [-0.3, -0.25) is 9.59 Å². The summed E-state index contributed by atoms with van der Waals surface area (Å²) in [6.45, 7) is 2.45. The highest BCUT2D eigenvalue weighted by molar-refractivity contribution is 5.95. The molecule has 3 rings (SSSR count). The summed E-state index contributed by atoms with van der Waals surface area (Å²) in [5.74, 6) is -0.196. The van der Waals surface area contributed by atoms with Gasteiger partial charge in [-0.25, -0.2) is 0 Å². The van der Waals surface area contributed by atoms with Gasteiger partial charge in [0.05, 0.1) is 12.3 Å².